The average Bonchev–Trinajstić information content (AvgIpc) is 2.89. The molecule has 3 rings (SSSR count). The van der Waals surface area contributed by atoms with Crippen LogP contribution in [0, 0.1) is 5.41 Å². The predicted molar refractivity (Wildman–Crippen MR) is 159 cm³/mol. The molecule has 0 spiro atoms. The van der Waals surface area contributed by atoms with Gasteiger partial charge in [-0.25, -0.2) is 0 Å². The maximum Gasteiger partial charge on any atom is 0.0479 e. The minimum atomic E-state index is -0.00907. The average molecular weight is 479 g/mol. The van der Waals surface area contributed by atoms with E-state index in [1.165, 1.54) is 39.6 Å². The second-order valence-electron chi connectivity index (χ2n) is 10.2. The fraction of sp³-hybridized carbons (Fsp3) is 0.294. The molecular weight excluding hydrogens is 436 g/mol. The molecule has 0 aromatic heterocycles. The summed E-state index contributed by atoms with van der Waals surface area (Å²) in [6.45, 7) is 16.7. The molecule has 0 heterocycles. The second-order valence-corrected chi connectivity index (χ2v) is 10.2. The number of nitrogens with zero attached hydrogens (tertiary/aromatic N) is 2. The lowest BCUT2D eigenvalue weighted by Crippen LogP contribution is -2.30. The molecule has 0 N–H and O–H groups in total. The lowest BCUT2D eigenvalue weighted by atomic mass is 9.89. The molecule has 0 radical (unpaired) electrons. The zero-order chi connectivity index (χ0) is 26.1. The molecule has 2 heteroatoms. The number of allylic oxidation sites excluding steroid dienone is 5. The van der Waals surface area contributed by atoms with E-state index in [-0.39, 0.29) is 5.41 Å². The first-order chi connectivity index (χ1) is 17.3. The SMILES string of the molecule is CC\C(C)=C(/C(C)=C/C=C(/N(CC)c1ccccc1)C(C)(C)C)N(c1ccccc1)c1ccccc1. The van der Waals surface area contributed by atoms with Gasteiger partial charge in [-0.1, -0.05) is 88.4 Å². The van der Waals surface area contributed by atoms with Gasteiger partial charge in [-0.3, -0.25) is 0 Å². The van der Waals surface area contributed by atoms with Crippen molar-refractivity contribution >= 4 is 17.1 Å². The van der Waals surface area contributed by atoms with Crippen molar-refractivity contribution in [1.82, 2.24) is 0 Å². The molecule has 0 bridgehead atoms. The monoisotopic (exact) mass is 478 g/mol. The quantitative estimate of drug-likeness (QED) is 0.282. The van der Waals surface area contributed by atoms with Crippen molar-refractivity contribution in [3.8, 4) is 0 Å². The van der Waals surface area contributed by atoms with Crippen LogP contribution in [0.1, 0.15) is 54.9 Å². The van der Waals surface area contributed by atoms with Gasteiger partial charge in [0.2, 0.25) is 0 Å². The van der Waals surface area contributed by atoms with Crippen molar-refractivity contribution in [2.75, 3.05) is 16.3 Å². The molecule has 0 saturated heterocycles. The van der Waals surface area contributed by atoms with Crippen LogP contribution in [-0.4, -0.2) is 6.54 Å². The summed E-state index contributed by atoms with van der Waals surface area (Å²) in [6.07, 6.45) is 5.61. The summed E-state index contributed by atoms with van der Waals surface area (Å²) in [5, 5.41) is 0. The van der Waals surface area contributed by atoms with Crippen LogP contribution in [0.2, 0.25) is 0 Å². The summed E-state index contributed by atoms with van der Waals surface area (Å²) < 4.78 is 0. The molecule has 3 aromatic carbocycles. The highest BCUT2D eigenvalue weighted by atomic mass is 15.2. The molecule has 2 nitrogen and oxygen atoms in total. The van der Waals surface area contributed by atoms with Gasteiger partial charge < -0.3 is 9.80 Å². The predicted octanol–water partition coefficient (Wildman–Crippen LogP) is 9.91. The molecule has 3 aromatic rings. The molecule has 36 heavy (non-hydrogen) atoms. The molecule has 0 aliphatic heterocycles. The lowest BCUT2D eigenvalue weighted by molar-refractivity contribution is 0.484. The summed E-state index contributed by atoms with van der Waals surface area (Å²) in [7, 11) is 0. The van der Waals surface area contributed by atoms with Gasteiger partial charge in [-0.05, 0) is 80.8 Å². The molecule has 0 aliphatic carbocycles. The summed E-state index contributed by atoms with van der Waals surface area (Å²) in [6, 6.07) is 32.0. The third kappa shape index (κ3) is 6.57. The first kappa shape index (κ1) is 27.1. The molecule has 0 amide bonds. The number of anilines is 3. The van der Waals surface area contributed by atoms with Gasteiger partial charge in [-0.2, -0.15) is 0 Å². The van der Waals surface area contributed by atoms with E-state index in [9.17, 15) is 0 Å². The van der Waals surface area contributed by atoms with Crippen LogP contribution >= 0.6 is 0 Å². The highest BCUT2D eigenvalue weighted by molar-refractivity contribution is 5.72. The van der Waals surface area contributed by atoms with Gasteiger partial charge in [-0.15, -0.1) is 0 Å². The van der Waals surface area contributed by atoms with Gasteiger partial charge in [0.1, 0.15) is 0 Å². The Hall–Kier alpha value is -3.52. The molecular formula is C34H42N2. The Kier molecular flexibility index (Phi) is 9.36. The van der Waals surface area contributed by atoms with E-state index in [0.29, 0.717) is 0 Å². The normalized spacial score (nSPS) is 13.3. The number of para-hydroxylation sites is 3. The lowest BCUT2D eigenvalue weighted by Gasteiger charge is -2.35. The molecule has 0 atom stereocenters. The van der Waals surface area contributed by atoms with Crippen LogP contribution in [0.5, 0.6) is 0 Å². The van der Waals surface area contributed by atoms with Crippen molar-refractivity contribution in [1.29, 1.82) is 0 Å². The van der Waals surface area contributed by atoms with Gasteiger partial charge in [0.25, 0.3) is 0 Å². The van der Waals surface area contributed by atoms with Crippen molar-refractivity contribution in [3.05, 3.63) is 126 Å². The summed E-state index contributed by atoms with van der Waals surface area (Å²) in [5.74, 6) is 0. The van der Waals surface area contributed by atoms with Crippen LogP contribution in [0.3, 0.4) is 0 Å². The van der Waals surface area contributed by atoms with E-state index in [1.54, 1.807) is 0 Å². The van der Waals surface area contributed by atoms with E-state index in [2.05, 4.69) is 161 Å². The van der Waals surface area contributed by atoms with E-state index >= 15 is 0 Å². The zero-order valence-corrected chi connectivity index (χ0v) is 23.1. The Balaban J connectivity index is 2.17. The first-order valence-corrected chi connectivity index (χ1v) is 13.1. The number of benzene rings is 3. The van der Waals surface area contributed by atoms with Crippen LogP contribution in [0.4, 0.5) is 17.1 Å². The fourth-order valence-electron chi connectivity index (χ4n) is 4.56. The molecule has 0 aliphatic rings. The fourth-order valence-corrected chi connectivity index (χ4v) is 4.56. The standard InChI is InChI=1S/C34H42N2/c1-8-27(3)33(36(30-21-15-11-16-22-30)31-23-17-12-18-24-31)28(4)25-26-32(34(5,6)7)35(9-2)29-19-13-10-14-20-29/h10-26H,8-9H2,1-7H3/b28-25+,32-26+,33-27+. The number of rotatable bonds is 9. The maximum absolute atomic E-state index is 2.42. The summed E-state index contributed by atoms with van der Waals surface area (Å²) in [4.78, 5) is 4.82. The molecule has 0 saturated carbocycles. The Morgan fingerprint density at radius 3 is 1.50 bits per heavy atom. The topological polar surface area (TPSA) is 6.48 Å². The second kappa shape index (κ2) is 12.4. The highest BCUT2D eigenvalue weighted by Crippen LogP contribution is 2.36. The smallest absolute Gasteiger partial charge is 0.0479 e. The number of hydrogen-bond donors (Lipinski definition) is 0. The maximum atomic E-state index is 2.42. The Labute approximate surface area is 219 Å². The minimum absolute atomic E-state index is 0.00907. The molecule has 0 fully saturated rings. The summed E-state index contributed by atoms with van der Waals surface area (Å²) in [5.41, 5.74) is 8.70. The summed E-state index contributed by atoms with van der Waals surface area (Å²) >= 11 is 0. The van der Waals surface area contributed by atoms with E-state index < -0.39 is 0 Å². The third-order valence-corrected chi connectivity index (χ3v) is 6.50. The van der Waals surface area contributed by atoms with Crippen molar-refractivity contribution in [2.45, 2.75) is 54.9 Å². The van der Waals surface area contributed by atoms with Crippen LogP contribution < -0.4 is 9.80 Å². The van der Waals surface area contributed by atoms with Crippen molar-refractivity contribution in [2.24, 2.45) is 5.41 Å². The minimum Gasteiger partial charge on any atom is -0.345 e. The number of hydrogen-bond acceptors (Lipinski definition) is 2. The molecule has 188 valence electrons. The van der Waals surface area contributed by atoms with Gasteiger partial charge in [0.05, 0.1) is 0 Å². The largest absolute Gasteiger partial charge is 0.345 e. The van der Waals surface area contributed by atoms with Crippen LogP contribution in [0.15, 0.2) is 126 Å². The highest BCUT2D eigenvalue weighted by Gasteiger charge is 2.23. The zero-order valence-electron chi connectivity index (χ0n) is 23.1. The van der Waals surface area contributed by atoms with Crippen molar-refractivity contribution < 1.29 is 0 Å². The molecule has 0 unspecified atom stereocenters. The van der Waals surface area contributed by atoms with Gasteiger partial charge in [0.15, 0.2) is 0 Å². The van der Waals surface area contributed by atoms with E-state index in [4.69, 9.17) is 0 Å². The van der Waals surface area contributed by atoms with Gasteiger partial charge in [0, 0.05) is 40.4 Å². The first-order valence-electron chi connectivity index (χ1n) is 13.1. The Morgan fingerprint density at radius 1 is 0.667 bits per heavy atom. The Bertz CT molecular complexity index is 1140. The van der Waals surface area contributed by atoms with Crippen LogP contribution in [0.25, 0.3) is 0 Å². The third-order valence-electron chi connectivity index (χ3n) is 6.50. The van der Waals surface area contributed by atoms with Gasteiger partial charge >= 0.3 is 0 Å². The van der Waals surface area contributed by atoms with E-state index in [0.717, 1.165) is 13.0 Å². The Morgan fingerprint density at radius 2 is 1.11 bits per heavy atom. The van der Waals surface area contributed by atoms with Crippen LogP contribution in [-0.2, 0) is 0 Å². The van der Waals surface area contributed by atoms with Crippen molar-refractivity contribution in [3.63, 3.8) is 0 Å². The van der Waals surface area contributed by atoms with E-state index in [1.807, 2.05) is 0 Å².